The Kier molecular flexibility index (Phi) is 5.19. The van der Waals surface area contributed by atoms with E-state index >= 15 is 0 Å². The molecule has 2 rings (SSSR count). The summed E-state index contributed by atoms with van der Waals surface area (Å²) < 4.78 is 0. The van der Waals surface area contributed by atoms with Gasteiger partial charge in [0.15, 0.2) is 0 Å². The molecule has 0 saturated carbocycles. The summed E-state index contributed by atoms with van der Waals surface area (Å²) in [5.74, 6) is 0.311. The molecular formula is C14H27N3O2. The van der Waals surface area contributed by atoms with Crippen molar-refractivity contribution < 1.29 is 9.90 Å². The van der Waals surface area contributed by atoms with Gasteiger partial charge < -0.3 is 15.3 Å². The van der Waals surface area contributed by atoms with Crippen molar-refractivity contribution in [3.05, 3.63) is 0 Å². The van der Waals surface area contributed by atoms with Crippen LogP contribution in [0.2, 0.25) is 0 Å². The van der Waals surface area contributed by atoms with E-state index in [1.807, 2.05) is 4.90 Å². The fraction of sp³-hybridized carbons (Fsp3) is 0.929. The van der Waals surface area contributed by atoms with Gasteiger partial charge in [0.2, 0.25) is 5.91 Å². The average Bonchev–Trinajstić information content (AvgIpc) is 2.65. The predicted molar refractivity (Wildman–Crippen MR) is 74.9 cm³/mol. The number of aliphatic hydroxyl groups is 1. The van der Waals surface area contributed by atoms with Crippen LogP contribution in [0, 0.1) is 5.41 Å². The number of nitrogens with one attached hydrogen (secondary N) is 1. The number of nitrogens with zero attached hydrogens (tertiary/aromatic N) is 2. The largest absolute Gasteiger partial charge is 0.395 e. The molecule has 0 aliphatic carbocycles. The minimum Gasteiger partial charge on any atom is -0.395 e. The SMILES string of the molecule is CC1(C(=O)N2CCCN(CCO)CC2)CCCNC1. The van der Waals surface area contributed by atoms with Crippen molar-refractivity contribution >= 4 is 5.91 Å². The Hall–Kier alpha value is -0.650. The van der Waals surface area contributed by atoms with Crippen LogP contribution in [0.5, 0.6) is 0 Å². The highest BCUT2D eigenvalue weighted by Crippen LogP contribution is 2.28. The topological polar surface area (TPSA) is 55.8 Å². The molecule has 2 saturated heterocycles. The smallest absolute Gasteiger partial charge is 0.229 e. The van der Waals surface area contributed by atoms with Crippen molar-refractivity contribution in [3.63, 3.8) is 0 Å². The van der Waals surface area contributed by atoms with Crippen LogP contribution in [0.25, 0.3) is 0 Å². The highest BCUT2D eigenvalue weighted by atomic mass is 16.3. The molecule has 0 aromatic rings. The Labute approximate surface area is 115 Å². The van der Waals surface area contributed by atoms with E-state index in [9.17, 15) is 4.79 Å². The third-order valence-electron chi connectivity index (χ3n) is 4.41. The molecule has 1 atom stereocenters. The summed E-state index contributed by atoms with van der Waals surface area (Å²) in [7, 11) is 0. The van der Waals surface area contributed by atoms with Gasteiger partial charge in [-0.1, -0.05) is 0 Å². The second-order valence-electron chi connectivity index (χ2n) is 6.05. The highest BCUT2D eigenvalue weighted by Gasteiger charge is 2.37. The Morgan fingerprint density at radius 2 is 2.11 bits per heavy atom. The average molecular weight is 269 g/mol. The first kappa shape index (κ1) is 14.8. The minimum absolute atomic E-state index is 0.204. The van der Waals surface area contributed by atoms with Crippen molar-refractivity contribution in [2.45, 2.75) is 26.2 Å². The van der Waals surface area contributed by atoms with Gasteiger partial charge in [-0.05, 0) is 39.3 Å². The zero-order chi connectivity index (χ0) is 13.7. The normalized spacial score (nSPS) is 30.1. The number of hydrogen-bond donors (Lipinski definition) is 2. The first-order valence-electron chi connectivity index (χ1n) is 7.49. The van der Waals surface area contributed by atoms with Crippen molar-refractivity contribution in [2.75, 3.05) is 52.4 Å². The van der Waals surface area contributed by atoms with E-state index in [-0.39, 0.29) is 12.0 Å². The Balaban J connectivity index is 1.92. The molecular weight excluding hydrogens is 242 g/mol. The summed E-state index contributed by atoms with van der Waals surface area (Å²) in [6.45, 7) is 8.39. The monoisotopic (exact) mass is 269 g/mol. The van der Waals surface area contributed by atoms with Gasteiger partial charge >= 0.3 is 0 Å². The van der Waals surface area contributed by atoms with Gasteiger partial charge in [-0.2, -0.15) is 0 Å². The van der Waals surface area contributed by atoms with Gasteiger partial charge in [0.05, 0.1) is 12.0 Å². The van der Waals surface area contributed by atoms with E-state index < -0.39 is 0 Å². The van der Waals surface area contributed by atoms with Crippen LogP contribution in [0.1, 0.15) is 26.2 Å². The predicted octanol–water partition coefficient (Wildman–Crippen LogP) is -0.0973. The van der Waals surface area contributed by atoms with Gasteiger partial charge in [0.1, 0.15) is 0 Å². The van der Waals surface area contributed by atoms with Crippen molar-refractivity contribution in [2.24, 2.45) is 5.41 Å². The molecule has 19 heavy (non-hydrogen) atoms. The number of carbonyl (C=O) groups excluding carboxylic acids is 1. The molecule has 0 aromatic heterocycles. The fourth-order valence-electron chi connectivity index (χ4n) is 3.16. The van der Waals surface area contributed by atoms with Crippen molar-refractivity contribution in [1.29, 1.82) is 0 Å². The highest BCUT2D eigenvalue weighted by molar-refractivity contribution is 5.82. The number of rotatable bonds is 3. The van der Waals surface area contributed by atoms with E-state index in [2.05, 4.69) is 17.1 Å². The summed E-state index contributed by atoms with van der Waals surface area (Å²) >= 11 is 0. The molecule has 1 unspecified atom stereocenters. The van der Waals surface area contributed by atoms with Gasteiger partial charge in [-0.3, -0.25) is 9.69 Å². The first-order valence-corrected chi connectivity index (χ1v) is 7.49. The van der Waals surface area contributed by atoms with Crippen LogP contribution < -0.4 is 5.32 Å². The summed E-state index contributed by atoms with van der Waals surface area (Å²) in [4.78, 5) is 17.0. The lowest BCUT2D eigenvalue weighted by Gasteiger charge is -2.37. The summed E-state index contributed by atoms with van der Waals surface area (Å²) in [5, 5.41) is 12.3. The molecule has 1 amide bonds. The Morgan fingerprint density at radius 1 is 1.26 bits per heavy atom. The number of piperidine rings is 1. The third kappa shape index (κ3) is 3.68. The van der Waals surface area contributed by atoms with E-state index in [0.717, 1.165) is 65.1 Å². The maximum Gasteiger partial charge on any atom is 0.229 e. The number of aliphatic hydroxyl groups excluding tert-OH is 1. The molecule has 2 N–H and O–H groups in total. The van der Waals surface area contributed by atoms with Crippen LogP contribution >= 0.6 is 0 Å². The number of hydrogen-bond acceptors (Lipinski definition) is 4. The van der Waals surface area contributed by atoms with E-state index in [0.29, 0.717) is 5.91 Å². The number of carbonyl (C=O) groups is 1. The van der Waals surface area contributed by atoms with Crippen LogP contribution in [0.15, 0.2) is 0 Å². The molecule has 0 radical (unpaired) electrons. The molecule has 5 heteroatoms. The van der Waals surface area contributed by atoms with E-state index in [1.54, 1.807) is 0 Å². The minimum atomic E-state index is -0.218. The fourth-order valence-corrected chi connectivity index (χ4v) is 3.16. The van der Waals surface area contributed by atoms with Crippen molar-refractivity contribution in [1.82, 2.24) is 15.1 Å². The summed E-state index contributed by atoms with van der Waals surface area (Å²) in [6.07, 6.45) is 3.09. The molecule has 2 fully saturated rings. The quantitative estimate of drug-likeness (QED) is 0.751. The zero-order valence-electron chi connectivity index (χ0n) is 12.0. The summed E-state index contributed by atoms with van der Waals surface area (Å²) in [6, 6.07) is 0. The second-order valence-corrected chi connectivity index (χ2v) is 6.05. The van der Waals surface area contributed by atoms with E-state index in [1.165, 1.54) is 0 Å². The molecule has 0 spiro atoms. The van der Waals surface area contributed by atoms with Crippen LogP contribution in [0.4, 0.5) is 0 Å². The van der Waals surface area contributed by atoms with Crippen LogP contribution in [0.3, 0.4) is 0 Å². The van der Waals surface area contributed by atoms with Gasteiger partial charge in [-0.15, -0.1) is 0 Å². The second kappa shape index (κ2) is 6.68. The molecule has 5 nitrogen and oxygen atoms in total. The molecule has 2 aliphatic heterocycles. The zero-order valence-corrected chi connectivity index (χ0v) is 12.0. The molecule has 0 aromatic carbocycles. The van der Waals surface area contributed by atoms with Gasteiger partial charge in [0.25, 0.3) is 0 Å². The van der Waals surface area contributed by atoms with Crippen molar-refractivity contribution in [3.8, 4) is 0 Å². The van der Waals surface area contributed by atoms with Gasteiger partial charge in [0, 0.05) is 32.7 Å². The lowest BCUT2D eigenvalue weighted by Crippen LogP contribution is -2.51. The first-order chi connectivity index (χ1) is 9.15. The Bertz CT molecular complexity index is 303. The van der Waals surface area contributed by atoms with E-state index in [4.69, 9.17) is 5.11 Å². The van der Waals surface area contributed by atoms with Crippen LogP contribution in [-0.4, -0.2) is 73.2 Å². The maximum atomic E-state index is 12.7. The number of amides is 1. The lowest BCUT2D eigenvalue weighted by molar-refractivity contribution is -0.142. The van der Waals surface area contributed by atoms with Crippen LogP contribution in [-0.2, 0) is 4.79 Å². The molecule has 2 heterocycles. The molecule has 0 bridgehead atoms. The maximum absolute atomic E-state index is 12.7. The molecule has 2 aliphatic rings. The Morgan fingerprint density at radius 3 is 2.79 bits per heavy atom. The standard InChI is InChI=1S/C14H27N3O2/c1-14(4-2-5-15-12-14)13(19)17-7-3-6-16(8-9-17)10-11-18/h15,18H,2-12H2,1H3. The third-order valence-corrected chi connectivity index (χ3v) is 4.41. The molecule has 110 valence electrons. The number of β-amino-alcohol motifs (C(OH)–C–C–N with tert-alkyl or cyclic N) is 1. The van der Waals surface area contributed by atoms with Gasteiger partial charge in [-0.25, -0.2) is 0 Å². The lowest BCUT2D eigenvalue weighted by atomic mass is 9.81. The summed E-state index contributed by atoms with van der Waals surface area (Å²) in [5.41, 5.74) is -0.218.